The van der Waals surface area contributed by atoms with E-state index in [2.05, 4.69) is 10.3 Å². The molecule has 3 rings (SSSR count). The van der Waals surface area contributed by atoms with Gasteiger partial charge in [0.05, 0.1) is 18.6 Å². The molecular formula is C20H20F2N3O2P. The molecule has 0 amide bonds. The first kappa shape index (κ1) is 20.0. The Labute approximate surface area is 163 Å². The van der Waals surface area contributed by atoms with Gasteiger partial charge >= 0.3 is 5.97 Å². The number of carbonyl (C=O) groups excluding carboxylic acids is 1. The van der Waals surface area contributed by atoms with Gasteiger partial charge in [0.25, 0.3) is 5.66 Å². The van der Waals surface area contributed by atoms with Crippen molar-refractivity contribution in [1.82, 2.24) is 9.55 Å². The Balaban J connectivity index is 1.80. The zero-order chi connectivity index (χ0) is 20.1. The fraction of sp³-hybridized carbons (Fsp3) is 0.200. The van der Waals surface area contributed by atoms with Crippen molar-refractivity contribution in [2.75, 3.05) is 11.9 Å². The third-order valence-electron chi connectivity index (χ3n) is 4.00. The first-order chi connectivity index (χ1) is 13.4. The average molecular weight is 403 g/mol. The van der Waals surface area contributed by atoms with Crippen LogP contribution in [-0.4, -0.2) is 22.1 Å². The minimum atomic E-state index is -2.96. The summed E-state index contributed by atoms with van der Waals surface area (Å²) in [6.45, 7) is 2.17. The van der Waals surface area contributed by atoms with Gasteiger partial charge in [-0.25, -0.2) is 4.98 Å². The number of carbonyl (C=O) groups is 1. The van der Waals surface area contributed by atoms with Gasteiger partial charge in [-0.15, -0.1) is 0 Å². The van der Waals surface area contributed by atoms with E-state index < -0.39 is 5.66 Å². The minimum absolute atomic E-state index is 0.0750. The molecule has 1 unspecified atom stereocenters. The fourth-order valence-electron chi connectivity index (χ4n) is 2.69. The molecule has 0 bridgehead atoms. The summed E-state index contributed by atoms with van der Waals surface area (Å²) in [5, 5.41) is 3.23. The number of hydrogen-bond donors (Lipinski definition) is 1. The van der Waals surface area contributed by atoms with E-state index in [0.29, 0.717) is 18.0 Å². The van der Waals surface area contributed by atoms with Crippen LogP contribution in [0.1, 0.15) is 12.5 Å². The summed E-state index contributed by atoms with van der Waals surface area (Å²) in [6.07, 6.45) is 3.33. The number of halogens is 2. The van der Waals surface area contributed by atoms with E-state index in [0.717, 1.165) is 11.3 Å². The molecule has 0 saturated heterocycles. The lowest BCUT2D eigenvalue weighted by atomic mass is 10.1. The van der Waals surface area contributed by atoms with Gasteiger partial charge < -0.3 is 14.6 Å². The molecule has 0 aliphatic carbocycles. The van der Waals surface area contributed by atoms with Crippen molar-refractivity contribution in [1.29, 1.82) is 0 Å². The standard InChI is InChI=1S/C20H20F2N3O2P/c1-2-27-19(26)12-25-11-18(23-13-25)16-5-3-4-6-17(16)24-15-9-7-14(8-10-15)20(21,22)28/h3-11,13,24H,2,12,28H2,1H3. The normalized spacial score (nSPS) is 11.3. The molecule has 146 valence electrons. The lowest BCUT2D eigenvalue weighted by Gasteiger charge is -2.13. The molecule has 1 atom stereocenters. The first-order valence-electron chi connectivity index (χ1n) is 8.68. The fourth-order valence-corrected chi connectivity index (χ4v) is 2.88. The third-order valence-corrected chi connectivity index (χ3v) is 4.34. The largest absolute Gasteiger partial charge is 0.465 e. The molecule has 1 heterocycles. The van der Waals surface area contributed by atoms with Gasteiger partial charge in [0.1, 0.15) is 6.54 Å². The molecule has 1 aromatic heterocycles. The molecule has 0 radical (unpaired) electrons. The summed E-state index contributed by atoms with van der Waals surface area (Å²) in [5.74, 6) is -0.330. The van der Waals surface area contributed by atoms with E-state index in [1.54, 1.807) is 36.1 Å². The van der Waals surface area contributed by atoms with E-state index in [4.69, 9.17) is 4.74 Å². The molecule has 3 aromatic rings. The van der Waals surface area contributed by atoms with Gasteiger partial charge in [-0.1, -0.05) is 39.6 Å². The number of para-hydroxylation sites is 1. The van der Waals surface area contributed by atoms with Gasteiger partial charge in [0, 0.05) is 28.7 Å². The molecule has 2 aromatic carbocycles. The Bertz CT molecular complexity index is 953. The Morgan fingerprint density at radius 3 is 2.61 bits per heavy atom. The zero-order valence-electron chi connectivity index (χ0n) is 15.2. The molecule has 0 fully saturated rings. The molecule has 0 spiro atoms. The number of ether oxygens (including phenoxy) is 1. The van der Waals surface area contributed by atoms with Crippen LogP contribution >= 0.6 is 9.24 Å². The van der Waals surface area contributed by atoms with E-state index in [-0.39, 0.29) is 18.1 Å². The lowest BCUT2D eigenvalue weighted by molar-refractivity contribution is -0.143. The smallest absolute Gasteiger partial charge is 0.325 e. The van der Waals surface area contributed by atoms with Crippen LogP contribution in [0.3, 0.4) is 0 Å². The number of anilines is 2. The summed E-state index contributed by atoms with van der Waals surface area (Å²) in [4.78, 5) is 16.0. The highest BCUT2D eigenvalue weighted by molar-refractivity contribution is 7.17. The Morgan fingerprint density at radius 1 is 1.21 bits per heavy atom. The highest BCUT2D eigenvalue weighted by atomic mass is 31.0. The number of esters is 1. The maximum absolute atomic E-state index is 13.3. The molecule has 5 nitrogen and oxygen atoms in total. The van der Waals surface area contributed by atoms with Crippen LogP contribution in [0.2, 0.25) is 0 Å². The first-order valence-corrected chi connectivity index (χ1v) is 9.25. The highest BCUT2D eigenvalue weighted by Crippen LogP contribution is 2.36. The minimum Gasteiger partial charge on any atom is -0.465 e. The molecule has 0 aliphatic heterocycles. The molecule has 0 saturated carbocycles. The average Bonchev–Trinajstić information content (AvgIpc) is 3.10. The van der Waals surface area contributed by atoms with Gasteiger partial charge in [-0.2, -0.15) is 8.78 Å². The van der Waals surface area contributed by atoms with E-state index >= 15 is 0 Å². The lowest BCUT2D eigenvalue weighted by Crippen LogP contribution is -2.11. The number of nitrogens with zero attached hydrogens (tertiary/aromatic N) is 2. The highest BCUT2D eigenvalue weighted by Gasteiger charge is 2.23. The maximum atomic E-state index is 13.3. The van der Waals surface area contributed by atoms with Gasteiger partial charge in [0.2, 0.25) is 0 Å². The van der Waals surface area contributed by atoms with Crippen LogP contribution in [0.15, 0.2) is 61.1 Å². The monoisotopic (exact) mass is 403 g/mol. The van der Waals surface area contributed by atoms with Crippen LogP contribution in [0, 0.1) is 0 Å². The number of aromatic nitrogens is 2. The van der Waals surface area contributed by atoms with Crippen LogP contribution in [0.25, 0.3) is 11.3 Å². The number of nitrogens with one attached hydrogen (secondary N) is 1. The van der Waals surface area contributed by atoms with Crippen molar-refractivity contribution < 1.29 is 18.3 Å². The van der Waals surface area contributed by atoms with Crippen LogP contribution < -0.4 is 5.32 Å². The number of imidazole rings is 1. The Hall–Kier alpha value is -2.79. The molecule has 28 heavy (non-hydrogen) atoms. The SMILES string of the molecule is CCOC(=O)Cn1cnc(-c2ccccc2Nc2ccc(C(F)(F)P)cc2)c1. The van der Waals surface area contributed by atoms with Crippen molar-refractivity contribution in [3.63, 3.8) is 0 Å². The number of alkyl halides is 2. The van der Waals surface area contributed by atoms with Crippen molar-refractivity contribution >= 4 is 26.6 Å². The van der Waals surface area contributed by atoms with Crippen molar-refractivity contribution in [3.05, 3.63) is 66.6 Å². The van der Waals surface area contributed by atoms with Gasteiger partial charge in [-0.3, -0.25) is 4.79 Å². The third kappa shape index (κ3) is 4.93. The second kappa shape index (κ2) is 8.48. The van der Waals surface area contributed by atoms with Crippen LogP contribution in [0.5, 0.6) is 0 Å². The molecule has 8 heteroatoms. The summed E-state index contributed by atoms with van der Waals surface area (Å²) in [5.41, 5.74) is -0.0758. The van der Waals surface area contributed by atoms with Gasteiger partial charge in [-0.05, 0) is 25.1 Å². The van der Waals surface area contributed by atoms with E-state index in [1.807, 2.05) is 24.3 Å². The predicted octanol–water partition coefficient (Wildman–Crippen LogP) is 4.78. The number of hydrogen-bond acceptors (Lipinski definition) is 4. The molecular weight excluding hydrogens is 383 g/mol. The van der Waals surface area contributed by atoms with Gasteiger partial charge in [0.15, 0.2) is 0 Å². The van der Waals surface area contributed by atoms with E-state index in [9.17, 15) is 13.6 Å². The number of benzene rings is 2. The van der Waals surface area contributed by atoms with Crippen LogP contribution in [-0.2, 0) is 21.7 Å². The summed E-state index contributed by atoms with van der Waals surface area (Å²) in [6, 6.07) is 13.5. The van der Waals surface area contributed by atoms with E-state index in [1.165, 1.54) is 21.4 Å². The second-order valence-electron chi connectivity index (χ2n) is 6.11. The summed E-state index contributed by atoms with van der Waals surface area (Å²) in [7, 11) is 1.53. The van der Waals surface area contributed by atoms with Crippen molar-refractivity contribution in [2.24, 2.45) is 0 Å². The zero-order valence-corrected chi connectivity index (χ0v) is 16.4. The summed E-state index contributed by atoms with van der Waals surface area (Å²) >= 11 is 0. The van der Waals surface area contributed by atoms with Crippen molar-refractivity contribution in [3.8, 4) is 11.3 Å². The van der Waals surface area contributed by atoms with Crippen LogP contribution in [0.4, 0.5) is 20.2 Å². The maximum Gasteiger partial charge on any atom is 0.325 e. The molecule has 0 aliphatic rings. The predicted molar refractivity (Wildman–Crippen MR) is 108 cm³/mol. The molecule has 1 N–H and O–H groups in total. The summed E-state index contributed by atoms with van der Waals surface area (Å²) < 4.78 is 33.3. The van der Waals surface area contributed by atoms with Crippen molar-refractivity contribution in [2.45, 2.75) is 19.1 Å². The quantitative estimate of drug-likeness (QED) is 0.456. The topological polar surface area (TPSA) is 56.2 Å². The Morgan fingerprint density at radius 2 is 1.93 bits per heavy atom. The second-order valence-corrected chi connectivity index (χ2v) is 6.83. The Kier molecular flexibility index (Phi) is 6.05. The number of rotatable bonds is 7.